The fraction of sp³-hybridized carbons (Fsp3) is 0.722. The molecule has 0 saturated carbocycles. The predicted octanol–water partition coefficient (Wildman–Crippen LogP) is -1.34. The Kier molecular flexibility index (Phi) is 298. The van der Waals surface area contributed by atoms with E-state index in [9.17, 15) is 0 Å². The summed E-state index contributed by atoms with van der Waals surface area (Å²) in [5.41, 5.74) is 0. The predicted molar refractivity (Wildman–Crippen MR) is 117 cm³/mol. The first-order valence-electron chi connectivity index (χ1n) is 6.94. The Hall–Kier alpha value is 1.16. The minimum Gasteiger partial charge on any atom is -0.545 e. The molecule has 0 heterocycles. The van der Waals surface area contributed by atoms with Gasteiger partial charge in [0.25, 0.3) is 0 Å². The van der Waals surface area contributed by atoms with Crippen molar-refractivity contribution in [3.05, 3.63) is 22.3 Å². The van der Waals surface area contributed by atoms with E-state index in [0.717, 1.165) is 28.4 Å². The van der Waals surface area contributed by atoms with Crippen molar-refractivity contribution in [1.29, 1.82) is 0 Å². The number of hydrogen-bond acceptors (Lipinski definition) is 10. The van der Waals surface area contributed by atoms with Gasteiger partial charge >= 0.3 is 21.7 Å². The summed E-state index contributed by atoms with van der Waals surface area (Å²) >= 11 is 0. The van der Waals surface area contributed by atoms with Crippen molar-refractivity contribution in [3.63, 3.8) is 0 Å². The first kappa shape index (κ1) is 85.1. The maximum atomic E-state index is 9.14. The van der Waals surface area contributed by atoms with Gasteiger partial charge < -0.3 is 67.6 Å². The summed E-state index contributed by atoms with van der Waals surface area (Å²) in [5, 5.41) is 55.4. The Labute approximate surface area is 237 Å². The van der Waals surface area contributed by atoms with Crippen molar-refractivity contribution in [1.82, 2.24) is 4.90 Å². The summed E-state index contributed by atoms with van der Waals surface area (Å²) in [6.07, 6.45) is -1.30. The number of hydrogen-bond donors (Lipinski definition) is 7. The van der Waals surface area contributed by atoms with Crippen LogP contribution in [0, 0.1) is 22.3 Å². The van der Waals surface area contributed by atoms with Crippen LogP contribution >= 0.6 is 0 Å². The molecular formula is C18H48NO9Ti3-2. The maximum absolute atomic E-state index is 9.14. The van der Waals surface area contributed by atoms with Crippen molar-refractivity contribution >= 4 is 13.6 Å². The zero-order valence-electron chi connectivity index (χ0n) is 20.9. The van der Waals surface area contributed by atoms with E-state index in [1.54, 1.807) is 20.8 Å². The number of aliphatic hydroxyl groups excluding tert-OH is 7. The first-order chi connectivity index (χ1) is 11.9. The van der Waals surface area contributed by atoms with E-state index in [1.165, 1.54) is 0 Å². The van der Waals surface area contributed by atoms with Gasteiger partial charge in [-0.1, -0.05) is 0 Å². The first-order valence-corrected chi connectivity index (χ1v) is 6.94. The van der Waals surface area contributed by atoms with Crippen LogP contribution in [-0.2, 0) is 74.7 Å². The summed E-state index contributed by atoms with van der Waals surface area (Å²) in [4.78, 5) is 17.3. The Bertz CT molecular complexity index is 152. The molecule has 13 heteroatoms. The summed E-state index contributed by atoms with van der Waals surface area (Å²) in [6, 6.07) is 0. The summed E-state index contributed by atoms with van der Waals surface area (Å²) < 4.78 is 0. The third kappa shape index (κ3) is 153. The van der Waals surface area contributed by atoms with Gasteiger partial charge in [0.2, 0.25) is 0 Å². The maximum Gasteiger partial charge on any atom is 3.00 e. The number of carbonyl (C=O) groups excluding carboxylic acids is 2. The molecule has 0 aromatic carbocycles. The summed E-state index contributed by atoms with van der Waals surface area (Å²) in [5.74, 6) is 0. The molecular weight excluding hydrogens is 518 g/mol. The Balaban J connectivity index is -0.0000000143. The van der Waals surface area contributed by atoms with Gasteiger partial charge in [-0.15, -0.1) is 0 Å². The van der Waals surface area contributed by atoms with E-state index in [2.05, 4.69) is 13.6 Å². The number of rotatable bonds is 6. The van der Waals surface area contributed by atoms with Gasteiger partial charge in [-0.2, -0.15) is 0 Å². The largest absolute Gasteiger partial charge is 3.00 e. The zero-order chi connectivity index (χ0) is 22.4. The van der Waals surface area contributed by atoms with Gasteiger partial charge in [0.15, 0.2) is 0 Å². The van der Waals surface area contributed by atoms with E-state index in [-0.39, 0.29) is 87.4 Å². The van der Waals surface area contributed by atoms with Crippen LogP contribution in [0.5, 0.6) is 0 Å². The molecule has 0 saturated heterocycles. The number of nitrogens with zero attached hydrogens (tertiary/aromatic N) is 1. The second kappa shape index (κ2) is 109. The molecule has 0 bridgehead atoms. The summed E-state index contributed by atoms with van der Waals surface area (Å²) in [7, 11) is 4.00. The van der Waals surface area contributed by atoms with Gasteiger partial charge in [-0.25, -0.2) is 0 Å². The van der Waals surface area contributed by atoms with Crippen molar-refractivity contribution in [2.75, 3.05) is 48.1 Å². The standard InChI is InChI=1S/C9H21NO3.4CH4O.2CHO.3CH3.3Ti/c1-7(11)4-10(5-8(2)12)6-9(3)13;6*1-2;;;;;;/h7-9,11-13H,4-6H2,1-3H3;4*2H,1H3;2*1H;3*1H3;;;/q;;;;;5*-1;;;+3. The van der Waals surface area contributed by atoms with Crippen LogP contribution in [0.15, 0.2) is 0 Å². The molecule has 31 heavy (non-hydrogen) atoms. The molecule has 0 amide bonds. The molecule has 0 aliphatic rings. The van der Waals surface area contributed by atoms with Gasteiger partial charge in [-0.05, 0) is 20.8 Å². The van der Waals surface area contributed by atoms with Crippen LogP contribution in [0.4, 0.5) is 0 Å². The SMILES string of the molecule is CC(O)CN(CC(C)O)CC(C)O.CO.CO.CO.CO.[CH-]=O.[CH-]=O.[CH3-].[CH3-].[CH3-].[Ti+3].[Ti].[Ti]. The third-order valence-corrected chi connectivity index (χ3v) is 1.57. The fourth-order valence-corrected chi connectivity index (χ4v) is 1.34. The van der Waals surface area contributed by atoms with Crippen LogP contribution in [0.1, 0.15) is 20.8 Å². The molecule has 0 aromatic heterocycles. The van der Waals surface area contributed by atoms with Crippen LogP contribution in [0.25, 0.3) is 0 Å². The molecule has 0 fully saturated rings. The van der Waals surface area contributed by atoms with Crippen LogP contribution in [0.2, 0.25) is 0 Å². The Morgan fingerprint density at radius 3 is 0.710 bits per heavy atom. The average Bonchev–Trinajstić information content (AvgIpc) is 2.63. The minimum absolute atomic E-state index is 0. The Morgan fingerprint density at radius 2 is 0.645 bits per heavy atom. The molecule has 193 valence electrons. The van der Waals surface area contributed by atoms with E-state index in [4.69, 9.17) is 45.3 Å². The van der Waals surface area contributed by atoms with Gasteiger partial charge in [0.1, 0.15) is 0 Å². The molecule has 0 aliphatic heterocycles. The molecule has 1 radical (unpaired) electrons. The zero-order valence-corrected chi connectivity index (χ0v) is 25.6. The van der Waals surface area contributed by atoms with E-state index in [1.807, 2.05) is 4.90 Å². The monoisotopic (exact) mass is 566 g/mol. The molecule has 0 rings (SSSR count). The molecule has 3 unspecified atom stereocenters. The topological polar surface area (TPSA) is 179 Å². The molecule has 10 nitrogen and oxygen atoms in total. The molecule has 0 aliphatic carbocycles. The van der Waals surface area contributed by atoms with Crippen LogP contribution in [0.3, 0.4) is 0 Å². The normalized spacial score (nSPS) is 8.87. The minimum atomic E-state index is -0.433. The summed E-state index contributed by atoms with van der Waals surface area (Å²) in [6.45, 7) is 13.0. The second-order valence-electron chi connectivity index (χ2n) is 3.77. The smallest absolute Gasteiger partial charge is 0.545 e. The molecule has 7 N–H and O–H groups in total. The van der Waals surface area contributed by atoms with Crippen molar-refractivity contribution in [2.24, 2.45) is 0 Å². The second-order valence-corrected chi connectivity index (χ2v) is 3.77. The van der Waals surface area contributed by atoms with E-state index in [0.29, 0.717) is 19.6 Å². The van der Waals surface area contributed by atoms with Crippen LogP contribution < -0.4 is 0 Å². The van der Waals surface area contributed by atoms with Crippen molar-refractivity contribution < 1.29 is 110 Å². The quantitative estimate of drug-likeness (QED) is 0.116. The molecule has 3 atom stereocenters. The Morgan fingerprint density at radius 1 is 0.548 bits per heavy atom. The van der Waals surface area contributed by atoms with E-state index < -0.39 is 18.3 Å². The van der Waals surface area contributed by atoms with Crippen LogP contribution in [-0.4, -0.2) is 121 Å². The third-order valence-electron chi connectivity index (χ3n) is 1.57. The average molecular weight is 566 g/mol. The van der Waals surface area contributed by atoms with Crippen molar-refractivity contribution in [3.8, 4) is 0 Å². The number of aliphatic hydroxyl groups is 7. The van der Waals surface area contributed by atoms with Gasteiger partial charge in [0, 0.05) is 91.5 Å². The van der Waals surface area contributed by atoms with Gasteiger partial charge in [-0.3, -0.25) is 18.5 Å². The molecule has 0 aromatic rings. The fourth-order valence-electron chi connectivity index (χ4n) is 1.34. The van der Waals surface area contributed by atoms with Gasteiger partial charge in [0.05, 0.1) is 18.3 Å². The molecule has 0 spiro atoms. The van der Waals surface area contributed by atoms with Crippen molar-refractivity contribution in [2.45, 2.75) is 39.1 Å². The van der Waals surface area contributed by atoms with E-state index >= 15 is 0 Å².